The second kappa shape index (κ2) is 11.8. The number of rotatable bonds is 4. The van der Waals surface area contributed by atoms with E-state index in [-0.39, 0.29) is 22.2 Å². The summed E-state index contributed by atoms with van der Waals surface area (Å²) in [7, 11) is 2.04. The molecule has 8 rings (SSSR count). The first-order chi connectivity index (χ1) is 27.3. The van der Waals surface area contributed by atoms with Crippen molar-refractivity contribution in [3.05, 3.63) is 154 Å². The van der Waals surface area contributed by atoms with Crippen molar-refractivity contribution in [2.45, 2.75) is 48.3 Å². The minimum absolute atomic E-state index is 0.0262. The lowest BCUT2D eigenvalue weighted by Gasteiger charge is -2.35. The number of para-hydroxylation sites is 3. The fourth-order valence-electron chi connectivity index (χ4n) is 8.42. The lowest BCUT2D eigenvalue weighted by Crippen LogP contribution is -2.76. The van der Waals surface area contributed by atoms with Crippen LogP contribution in [0, 0.1) is 48.3 Å². The van der Waals surface area contributed by atoms with Gasteiger partial charge in [0.05, 0.1) is 12.6 Å². The zero-order valence-electron chi connectivity index (χ0n) is 37.5. The van der Waals surface area contributed by atoms with Crippen molar-refractivity contribution in [1.29, 1.82) is 0 Å². The van der Waals surface area contributed by atoms with E-state index in [0.29, 0.717) is 5.46 Å². The van der Waals surface area contributed by atoms with Crippen molar-refractivity contribution in [1.82, 2.24) is 4.57 Å². The fraction of sp³-hybridized carbons (Fsp3) is 0.178. The minimum Gasteiger partial charge on any atom is -0.225 e. The van der Waals surface area contributed by atoms with E-state index >= 15 is 0 Å². The van der Waals surface area contributed by atoms with Crippen LogP contribution in [0.5, 0.6) is 0 Å². The molecule has 1 aliphatic rings. The quantitative estimate of drug-likeness (QED) is 0.174. The topological polar surface area (TPSA) is 8.81 Å². The molecular formula is C45H43B2N2+. The second-order valence-electron chi connectivity index (χ2n) is 13.5. The summed E-state index contributed by atoms with van der Waals surface area (Å²) in [6.07, 6.45) is 0. The highest BCUT2D eigenvalue weighted by molar-refractivity contribution is 7.11. The van der Waals surface area contributed by atoms with Crippen molar-refractivity contribution in [2.24, 2.45) is 7.05 Å². The molecule has 0 spiro atoms. The molecule has 0 unspecified atom stereocenters. The van der Waals surface area contributed by atoms with E-state index in [4.69, 9.17) is 12.3 Å². The van der Waals surface area contributed by atoms with Crippen LogP contribution in [0.1, 0.15) is 51.3 Å². The third-order valence-electron chi connectivity index (χ3n) is 10.6. The van der Waals surface area contributed by atoms with Gasteiger partial charge in [0.15, 0.2) is 11.0 Å². The van der Waals surface area contributed by atoms with Gasteiger partial charge in [-0.1, -0.05) is 158 Å². The van der Waals surface area contributed by atoms with E-state index in [0.717, 1.165) is 72.2 Å². The first-order valence-electron chi connectivity index (χ1n) is 21.3. The van der Waals surface area contributed by atoms with Crippen LogP contribution in [0.4, 0.5) is 0 Å². The Morgan fingerprint density at radius 3 is 1.59 bits per heavy atom. The average molecular weight is 643 g/mol. The summed E-state index contributed by atoms with van der Waals surface area (Å²) in [4.78, 5) is 0. The molecular weight excluding hydrogens is 590 g/mol. The van der Waals surface area contributed by atoms with Gasteiger partial charge in [0.25, 0.3) is 5.82 Å². The first kappa shape index (κ1) is 22.5. The molecule has 1 aliphatic heterocycles. The van der Waals surface area contributed by atoms with Gasteiger partial charge in [0, 0.05) is 12.3 Å². The average Bonchev–Trinajstić information content (AvgIpc) is 3.43. The fourth-order valence-corrected chi connectivity index (χ4v) is 8.42. The number of hydrogen-bond acceptors (Lipinski definition) is 0. The smallest absolute Gasteiger partial charge is 0.225 e. The lowest BCUT2D eigenvalue weighted by molar-refractivity contribution is -0.633. The normalized spacial score (nSPS) is 15.9. The first-order valence-corrected chi connectivity index (χ1v) is 16.8. The summed E-state index contributed by atoms with van der Waals surface area (Å²) >= 11 is 0. The van der Waals surface area contributed by atoms with Crippen LogP contribution in [0.15, 0.2) is 115 Å². The molecule has 7 aromatic rings. The van der Waals surface area contributed by atoms with Crippen LogP contribution in [-0.2, 0) is 7.05 Å². The molecule has 0 amide bonds. The van der Waals surface area contributed by atoms with Crippen LogP contribution in [-0.4, -0.2) is 18.0 Å². The van der Waals surface area contributed by atoms with E-state index in [1.165, 1.54) is 18.2 Å². The predicted molar refractivity (Wildman–Crippen MR) is 212 cm³/mol. The van der Waals surface area contributed by atoms with Gasteiger partial charge in [-0.3, -0.25) is 0 Å². The molecule has 1 aromatic heterocycles. The number of aryl methyl sites for hydroxylation is 8. The van der Waals surface area contributed by atoms with Crippen molar-refractivity contribution < 1.29 is 16.9 Å². The Balaban J connectivity index is 1.57. The largest absolute Gasteiger partial charge is 0.295 e. The highest BCUT2D eigenvalue weighted by Gasteiger charge is 2.42. The Hall–Kier alpha value is -5.08. The SMILES string of the molecule is [2H]C([2H])([2H])c1cccc(C)c1B1c2ccccc2B(c2c(C([2H])([2H])[2H])cccc2C([2H])([2H])[2H])c2cc(-c3n(-c4c(C)cccc4C)c4ccccc4[n+]3C)c(C)cc21. The van der Waals surface area contributed by atoms with Gasteiger partial charge in [-0.2, -0.15) is 4.57 Å². The van der Waals surface area contributed by atoms with Crippen LogP contribution in [0.3, 0.4) is 0 Å². The van der Waals surface area contributed by atoms with Gasteiger partial charge in [-0.05, 0) is 77.1 Å². The Bertz CT molecular complexity index is 2730. The van der Waals surface area contributed by atoms with Gasteiger partial charge in [0.2, 0.25) is 13.4 Å². The van der Waals surface area contributed by atoms with E-state index in [2.05, 4.69) is 72.4 Å². The van der Waals surface area contributed by atoms with Gasteiger partial charge in [-0.25, -0.2) is 4.57 Å². The maximum atomic E-state index is 8.75. The molecule has 0 aliphatic carbocycles. The molecule has 6 aromatic carbocycles. The standard InChI is InChI=1S/C45H43B2N2/c1-28-16-13-17-29(2)42(28)46-36-22-9-10-23-37(36)47(43-30(3)18-14-19-31(43)4)39-27-35(34(7)26-38(39)46)45-48(8)40-24-11-12-25-41(40)49(45)44-32(5)20-15-21-33(44)6/h9-27H,1-8H3/q+1/i1D3,3D3,4D3. The van der Waals surface area contributed by atoms with E-state index in [9.17, 15) is 0 Å². The summed E-state index contributed by atoms with van der Waals surface area (Å²) in [6.45, 7) is -0.885. The summed E-state index contributed by atoms with van der Waals surface area (Å²) in [5, 5.41) is 0. The highest BCUT2D eigenvalue weighted by atomic mass is 15.2. The molecule has 2 heterocycles. The Morgan fingerprint density at radius 1 is 0.510 bits per heavy atom. The molecule has 49 heavy (non-hydrogen) atoms. The Morgan fingerprint density at radius 2 is 1.00 bits per heavy atom. The number of hydrogen-bond donors (Lipinski definition) is 0. The van der Waals surface area contributed by atoms with Crippen molar-refractivity contribution in [3.63, 3.8) is 0 Å². The Labute approximate surface area is 304 Å². The maximum Gasteiger partial charge on any atom is 0.295 e. The summed E-state index contributed by atoms with van der Waals surface area (Å²) < 4.78 is 83.0. The molecule has 0 saturated heterocycles. The number of fused-ring (bicyclic) bond motifs is 3. The van der Waals surface area contributed by atoms with Crippen molar-refractivity contribution in [2.75, 3.05) is 0 Å². The molecule has 0 radical (unpaired) electrons. The summed E-state index contributed by atoms with van der Waals surface area (Å²) in [5.74, 6) is 0.896. The molecule has 0 N–H and O–H groups in total. The second-order valence-corrected chi connectivity index (χ2v) is 13.5. The molecule has 238 valence electrons. The molecule has 2 nitrogen and oxygen atoms in total. The van der Waals surface area contributed by atoms with E-state index in [1.807, 2.05) is 56.4 Å². The van der Waals surface area contributed by atoms with Crippen LogP contribution >= 0.6 is 0 Å². The number of aromatic nitrogens is 2. The molecule has 0 fully saturated rings. The maximum absolute atomic E-state index is 8.75. The number of imidazole rings is 1. The van der Waals surface area contributed by atoms with Crippen molar-refractivity contribution >= 4 is 57.2 Å². The predicted octanol–water partition coefficient (Wildman–Crippen LogP) is 5.63. The molecule has 0 saturated carbocycles. The minimum atomic E-state index is -2.64. The van der Waals surface area contributed by atoms with E-state index in [1.54, 1.807) is 12.1 Å². The van der Waals surface area contributed by atoms with Gasteiger partial charge >= 0.3 is 0 Å². The van der Waals surface area contributed by atoms with Gasteiger partial charge in [0.1, 0.15) is 5.69 Å². The highest BCUT2D eigenvalue weighted by Crippen LogP contribution is 2.32. The number of benzene rings is 6. The lowest BCUT2D eigenvalue weighted by atomic mass is 9.20. The van der Waals surface area contributed by atoms with Crippen LogP contribution in [0.25, 0.3) is 28.1 Å². The summed E-state index contributed by atoms with van der Waals surface area (Å²) in [6, 6.07) is 36.4. The Kier molecular flexibility index (Phi) is 5.43. The van der Waals surface area contributed by atoms with Crippen molar-refractivity contribution in [3.8, 4) is 17.1 Å². The molecule has 4 heteroatoms. The summed E-state index contributed by atoms with van der Waals surface area (Å²) in [5.41, 5.74) is 12.0. The molecule has 0 bridgehead atoms. The monoisotopic (exact) mass is 642 g/mol. The zero-order chi connectivity index (χ0) is 41.6. The zero-order valence-corrected chi connectivity index (χ0v) is 28.5. The third kappa shape index (κ3) is 4.76. The third-order valence-corrected chi connectivity index (χ3v) is 10.6. The van der Waals surface area contributed by atoms with Gasteiger partial charge in [-0.15, -0.1) is 0 Å². The van der Waals surface area contributed by atoms with Crippen LogP contribution in [0.2, 0.25) is 0 Å². The number of nitrogens with zero attached hydrogens (tertiary/aromatic N) is 2. The van der Waals surface area contributed by atoms with Crippen LogP contribution < -0.4 is 37.3 Å². The molecule has 0 atom stereocenters. The van der Waals surface area contributed by atoms with Gasteiger partial charge < -0.3 is 0 Å². The van der Waals surface area contributed by atoms with E-state index < -0.39 is 34.0 Å².